The Kier molecular flexibility index (Phi) is 7.82. The second-order valence-corrected chi connectivity index (χ2v) is 7.64. The second-order valence-electron chi connectivity index (χ2n) is 6.65. The number of carbonyl (C=O) groups is 1. The highest BCUT2D eigenvalue weighted by Crippen LogP contribution is 2.18. The molecule has 2 rings (SSSR count). The van der Waals surface area contributed by atoms with Crippen LogP contribution < -0.4 is 10.6 Å². The van der Waals surface area contributed by atoms with Gasteiger partial charge in [-0.05, 0) is 51.2 Å². The summed E-state index contributed by atoms with van der Waals surface area (Å²) in [6.45, 7) is 3.89. The quantitative estimate of drug-likeness (QED) is 0.737. The first-order valence-corrected chi connectivity index (χ1v) is 10.4. The van der Waals surface area contributed by atoms with E-state index < -0.39 is 0 Å². The molecule has 6 heteroatoms. The molecule has 24 heavy (non-hydrogen) atoms. The Morgan fingerprint density at radius 3 is 2.42 bits per heavy atom. The molecule has 0 saturated heterocycles. The van der Waals surface area contributed by atoms with Crippen LogP contribution in [-0.2, 0) is 4.79 Å². The van der Waals surface area contributed by atoms with Crippen LogP contribution in [0.2, 0.25) is 0 Å². The molecule has 1 aromatic heterocycles. The predicted molar refractivity (Wildman–Crippen MR) is 102 cm³/mol. The summed E-state index contributed by atoms with van der Waals surface area (Å²) in [4.78, 5) is 21.6. The van der Waals surface area contributed by atoms with Crippen LogP contribution in [0.1, 0.15) is 56.3 Å². The van der Waals surface area contributed by atoms with E-state index in [1.54, 1.807) is 11.8 Å². The summed E-state index contributed by atoms with van der Waals surface area (Å²) in [7, 11) is 0. The first kappa shape index (κ1) is 19.0. The van der Waals surface area contributed by atoms with E-state index in [1.165, 1.54) is 25.7 Å². The summed E-state index contributed by atoms with van der Waals surface area (Å²) >= 11 is 1.75. The lowest BCUT2D eigenvalue weighted by Crippen LogP contribution is -2.45. The average molecular weight is 351 g/mol. The third-order valence-corrected chi connectivity index (χ3v) is 5.06. The van der Waals surface area contributed by atoms with E-state index in [0.29, 0.717) is 12.0 Å². The lowest BCUT2D eigenvalue weighted by molar-refractivity contribution is -0.122. The minimum atomic E-state index is -0.276. The molecule has 1 atom stereocenters. The van der Waals surface area contributed by atoms with Gasteiger partial charge < -0.3 is 10.6 Å². The maximum atomic E-state index is 12.8. The molecule has 134 valence electrons. The number of nitrogens with one attached hydrogen (secondary N) is 2. The van der Waals surface area contributed by atoms with Crippen LogP contribution >= 0.6 is 11.8 Å². The number of nitrogens with zero attached hydrogens (tertiary/aromatic N) is 2. The van der Waals surface area contributed by atoms with Crippen molar-refractivity contribution in [3.63, 3.8) is 0 Å². The third kappa shape index (κ3) is 6.30. The molecule has 0 bridgehead atoms. The molecule has 2 N–H and O–H groups in total. The third-order valence-electron chi connectivity index (χ3n) is 4.41. The number of amides is 1. The van der Waals surface area contributed by atoms with Crippen molar-refractivity contribution in [1.29, 1.82) is 0 Å². The van der Waals surface area contributed by atoms with Gasteiger partial charge in [0.1, 0.15) is 6.04 Å². The fraction of sp³-hybridized carbons (Fsp3) is 0.722. The number of carbonyl (C=O) groups excluding carboxylic acids is 1. The van der Waals surface area contributed by atoms with Gasteiger partial charge >= 0.3 is 0 Å². The molecule has 1 aliphatic carbocycles. The molecule has 1 fully saturated rings. The number of hydrogen-bond acceptors (Lipinski definition) is 5. The van der Waals surface area contributed by atoms with Crippen LogP contribution in [0.5, 0.6) is 0 Å². The molecule has 0 aliphatic heterocycles. The fourth-order valence-corrected chi connectivity index (χ4v) is 3.65. The van der Waals surface area contributed by atoms with Crippen LogP contribution in [-0.4, -0.2) is 40.0 Å². The lowest BCUT2D eigenvalue weighted by Gasteiger charge is -2.22. The van der Waals surface area contributed by atoms with Gasteiger partial charge in [0, 0.05) is 17.4 Å². The van der Waals surface area contributed by atoms with E-state index in [4.69, 9.17) is 0 Å². The van der Waals surface area contributed by atoms with Crippen LogP contribution in [0.4, 0.5) is 5.95 Å². The number of anilines is 1. The molecule has 5 nitrogen and oxygen atoms in total. The van der Waals surface area contributed by atoms with Crippen molar-refractivity contribution >= 4 is 23.6 Å². The summed E-state index contributed by atoms with van der Waals surface area (Å²) in [6.07, 6.45) is 10.0. The van der Waals surface area contributed by atoms with Gasteiger partial charge in [0.15, 0.2) is 0 Å². The topological polar surface area (TPSA) is 66.9 Å². The van der Waals surface area contributed by atoms with Crippen molar-refractivity contribution in [3.8, 4) is 0 Å². The molecule has 0 unspecified atom stereocenters. The van der Waals surface area contributed by atoms with Gasteiger partial charge in [-0.1, -0.05) is 25.7 Å². The van der Waals surface area contributed by atoms with Crippen molar-refractivity contribution in [2.45, 2.75) is 70.9 Å². The number of rotatable bonds is 7. The highest BCUT2D eigenvalue weighted by molar-refractivity contribution is 7.98. The molecule has 1 heterocycles. The van der Waals surface area contributed by atoms with Crippen molar-refractivity contribution < 1.29 is 4.79 Å². The number of hydrogen-bond donors (Lipinski definition) is 2. The zero-order valence-electron chi connectivity index (χ0n) is 15.1. The minimum absolute atomic E-state index is 0.0821. The van der Waals surface area contributed by atoms with Crippen LogP contribution in [0.15, 0.2) is 6.07 Å². The van der Waals surface area contributed by atoms with Crippen molar-refractivity contribution in [3.05, 3.63) is 17.5 Å². The molecular weight excluding hydrogens is 320 g/mol. The van der Waals surface area contributed by atoms with E-state index in [1.807, 2.05) is 19.9 Å². The molecule has 0 aromatic carbocycles. The molecule has 1 aromatic rings. The zero-order valence-corrected chi connectivity index (χ0v) is 15.9. The van der Waals surface area contributed by atoms with Crippen molar-refractivity contribution in [2.24, 2.45) is 0 Å². The first-order valence-electron chi connectivity index (χ1n) is 8.96. The lowest BCUT2D eigenvalue weighted by atomic mass is 10.1. The predicted octanol–water partition coefficient (Wildman–Crippen LogP) is 3.47. The summed E-state index contributed by atoms with van der Waals surface area (Å²) in [5.74, 6) is 1.56. The summed E-state index contributed by atoms with van der Waals surface area (Å²) in [5, 5.41) is 6.50. The monoisotopic (exact) mass is 350 g/mol. The fourth-order valence-electron chi connectivity index (χ4n) is 3.18. The van der Waals surface area contributed by atoms with E-state index >= 15 is 0 Å². The molecule has 1 aliphatic rings. The summed E-state index contributed by atoms with van der Waals surface area (Å²) < 4.78 is 0. The molecule has 1 amide bonds. The van der Waals surface area contributed by atoms with E-state index in [9.17, 15) is 4.79 Å². The highest BCUT2D eigenvalue weighted by Gasteiger charge is 2.22. The molecule has 1 saturated carbocycles. The highest BCUT2D eigenvalue weighted by atomic mass is 32.2. The van der Waals surface area contributed by atoms with E-state index in [0.717, 1.165) is 36.4 Å². The van der Waals surface area contributed by atoms with Crippen molar-refractivity contribution in [2.75, 3.05) is 17.3 Å². The van der Waals surface area contributed by atoms with E-state index in [-0.39, 0.29) is 11.9 Å². The normalized spacial score (nSPS) is 17.1. The number of thioether (sulfide) groups is 1. The SMILES string of the molecule is CSCC[C@H](Nc1nc(C)cc(C)n1)C(=O)NC1CCCCCC1. The van der Waals surface area contributed by atoms with Gasteiger partial charge in [0.05, 0.1) is 0 Å². The summed E-state index contributed by atoms with van der Waals surface area (Å²) in [6, 6.07) is 1.98. The maximum Gasteiger partial charge on any atom is 0.242 e. The number of aromatic nitrogens is 2. The zero-order chi connectivity index (χ0) is 17.4. The second kappa shape index (κ2) is 9.87. The van der Waals surface area contributed by atoms with Gasteiger partial charge in [-0.25, -0.2) is 9.97 Å². The Morgan fingerprint density at radius 2 is 1.83 bits per heavy atom. The summed E-state index contributed by atoms with van der Waals surface area (Å²) in [5.41, 5.74) is 1.83. The number of aryl methyl sites for hydroxylation is 2. The standard InChI is InChI=1S/C18H30N4OS/c1-13-12-14(2)20-18(19-13)22-16(10-11-24-3)17(23)21-15-8-6-4-5-7-9-15/h12,15-16H,4-11H2,1-3H3,(H,21,23)(H,19,20,22)/t16-/m0/s1. The van der Waals surface area contributed by atoms with Gasteiger partial charge in [-0.2, -0.15) is 11.8 Å². The average Bonchev–Trinajstić information content (AvgIpc) is 2.79. The largest absolute Gasteiger partial charge is 0.352 e. The Bertz CT molecular complexity index is 510. The Balaban J connectivity index is 2.01. The van der Waals surface area contributed by atoms with Gasteiger partial charge in [0.25, 0.3) is 0 Å². The van der Waals surface area contributed by atoms with E-state index in [2.05, 4.69) is 26.9 Å². The van der Waals surface area contributed by atoms with Crippen molar-refractivity contribution in [1.82, 2.24) is 15.3 Å². The van der Waals surface area contributed by atoms with Gasteiger partial charge in [0.2, 0.25) is 11.9 Å². The molecular formula is C18H30N4OS. The van der Waals surface area contributed by atoms with Crippen LogP contribution in [0.25, 0.3) is 0 Å². The molecule has 0 radical (unpaired) electrons. The smallest absolute Gasteiger partial charge is 0.242 e. The molecule has 0 spiro atoms. The minimum Gasteiger partial charge on any atom is -0.352 e. The van der Waals surface area contributed by atoms with Crippen LogP contribution in [0.3, 0.4) is 0 Å². The van der Waals surface area contributed by atoms with Crippen LogP contribution in [0, 0.1) is 13.8 Å². The Morgan fingerprint density at radius 1 is 1.21 bits per heavy atom. The maximum absolute atomic E-state index is 12.8. The Hall–Kier alpha value is -1.30. The Labute approximate surface area is 149 Å². The van der Waals surface area contributed by atoms with Gasteiger partial charge in [-0.15, -0.1) is 0 Å². The first-order chi connectivity index (χ1) is 11.6. The van der Waals surface area contributed by atoms with Gasteiger partial charge in [-0.3, -0.25) is 4.79 Å².